The number of amides is 1. The lowest BCUT2D eigenvalue weighted by molar-refractivity contribution is -0.0364. The van der Waals surface area contributed by atoms with Crippen LogP contribution in [0.2, 0.25) is 0 Å². The van der Waals surface area contributed by atoms with E-state index in [2.05, 4.69) is 20.8 Å². The maximum absolute atomic E-state index is 12.4. The molecule has 0 unspecified atom stereocenters. The highest BCUT2D eigenvalue weighted by atomic mass is 16.6. The number of nitrogen functional groups attached to an aromatic ring is 1. The van der Waals surface area contributed by atoms with Gasteiger partial charge in [0.15, 0.2) is 0 Å². The fourth-order valence-corrected chi connectivity index (χ4v) is 3.80. The minimum atomic E-state index is -0.215. The quantitative estimate of drug-likeness (QED) is 0.888. The van der Waals surface area contributed by atoms with E-state index in [0.29, 0.717) is 11.7 Å². The molecule has 1 saturated carbocycles. The van der Waals surface area contributed by atoms with E-state index in [-0.39, 0.29) is 17.7 Å². The highest BCUT2D eigenvalue weighted by Crippen LogP contribution is 2.37. The van der Waals surface area contributed by atoms with Gasteiger partial charge in [0.25, 0.3) is 0 Å². The predicted octanol–water partition coefficient (Wildman–Crippen LogP) is 2.94. The van der Waals surface area contributed by atoms with Crippen molar-refractivity contribution < 1.29 is 9.53 Å². The smallest absolute Gasteiger partial charge is 0.424 e. The Morgan fingerprint density at radius 2 is 2.00 bits per heavy atom. The Kier molecular flexibility index (Phi) is 4.95. The monoisotopic (exact) mass is 349 g/mol. The maximum atomic E-state index is 12.4. The van der Waals surface area contributed by atoms with Crippen molar-refractivity contribution in [3.8, 4) is 0 Å². The van der Waals surface area contributed by atoms with Crippen molar-refractivity contribution in [3.63, 3.8) is 0 Å². The summed E-state index contributed by atoms with van der Waals surface area (Å²) in [5.74, 6) is 1.00. The van der Waals surface area contributed by atoms with Crippen molar-refractivity contribution in [2.45, 2.75) is 70.4 Å². The molecule has 140 valence electrons. The van der Waals surface area contributed by atoms with Crippen LogP contribution in [0.1, 0.15) is 64.5 Å². The molecule has 2 aliphatic rings. The first kappa shape index (κ1) is 18.0. The molecule has 7 nitrogen and oxygen atoms in total. The fourth-order valence-electron chi connectivity index (χ4n) is 3.80. The second-order valence-electron chi connectivity index (χ2n) is 8.30. The topological polar surface area (TPSA) is 76.6 Å². The molecule has 1 aliphatic heterocycles. The van der Waals surface area contributed by atoms with Crippen molar-refractivity contribution in [2.75, 3.05) is 25.9 Å². The zero-order chi connectivity index (χ0) is 18.2. The summed E-state index contributed by atoms with van der Waals surface area (Å²) in [7, 11) is 1.94. The molecule has 2 N–H and O–H groups in total. The second kappa shape index (κ2) is 6.86. The molecule has 0 radical (unpaired) electrons. The van der Waals surface area contributed by atoms with Gasteiger partial charge in [0.2, 0.25) is 0 Å². The van der Waals surface area contributed by atoms with Crippen LogP contribution in [-0.2, 0) is 10.3 Å². The van der Waals surface area contributed by atoms with Crippen LogP contribution in [0, 0.1) is 0 Å². The van der Waals surface area contributed by atoms with Gasteiger partial charge >= 0.3 is 6.09 Å². The minimum Gasteiger partial charge on any atom is -0.445 e. The Morgan fingerprint density at radius 3 is 2.64 bits per heavy atom. The summed E-state index contributed by atoms with van der Waals surface area (Å²) in [6.45, 7) is 7.93. The van der Waals surface area contributed by atoms with Crippen LogP contribution in [0.3, 0.4) is 0 Å². The van der Waals surface area contributed by atoms with Gasteiger partial charge in [-0.15, -0.1) is 0 Å². The molecule has 1 aromatic heterocycles. The lowest BCUT2D eigenvalue weighted by atomic mass is 10.0. The van der Waals surface area contributed by atoms with Gasteiger partial charge in [0.05, 0.1) is 11.2 Å². The Hall–Kier alpha value is -1.76. The standard InChI is InChI=1S/C18H31N5O2/c1-18(2,3)23-16(19)12-15(20-23)13-7-8-14(11-13)25-17(24)22-10-6-5-9-21(22)4/h12-14H,5-11,19H2,1-4H3/t13-,14+/m0/s1. The highest BCUT2D eigenvalue weighted by molar-refractivity contribution is 5.67. The van der Waals surface area contributed by atoms with E-state index in [9.17, 15) is 4.79 Å². The number of hydrogen-bond donors (Lipinski definition) is 1. The molecule has 1 aliphatic carbocycles. The van der Waals surface area contributed by atoms with Crippen molar-refractivity contribution in [2.24, 2.45) is 0 Å². The lowest BCUT2D eigenvalue weighted by Crippen LogP contribution is -2.49. The van der Waals surface area contributed by atoms with Gasteiger partial charge in [0.1, 0.15) is 11.9 Å². The largest absolute Gasteiger partial charge is 0.445 e. The first-order valence-electron chi connectivity index (χ1n) is 9.31. The van der Waals surface area contributed by atoms with E-state index in [1.807, 2.05) is 22.8 Å². The van der Waals surface area contributed by atoms with Crippen LogP contribution in [0.5, 0.6) is 0 Å². The number of hydrazine groups is 1. The van der Waals surface area contributed by atoms with Crippen molar-refractivity contribution in [3.05, 3.63) is 11.8 Å². The summed E-state index contributed by atoms with van der Waals surface area (Å²) in [5, 5.41) is 8.40. The fraction of sp³-hybridized carbons (Fsp3) is 0.778. The Bertz CT molecular complexity index is 621. The molecule has 1 aromatic rings. The van der Waals surface area contributed by atoms with Crippen molar-refractivity contribution in [1.29, 1.82) is 0 Å². The average Bonchev–Trinajstić information content (AvgIpc) is 3.13. The SMILES string of the molecule is CN1CCCCN1C(=O)O[C@@H]1CC[C@H](c2cc(N)n(C(C)(C)C)n2)C1. The molecule has 1 amide bonds. The number of rotatable bonds is 2. The molecule has 1 saturated heterocycles. The number of aromatic nitrogens is 2. The van der Waals surface area contributed by atoms with E-state index in [1.165, 1.54) is 0 Å². The van der Waals surface area contributed by atoms with Gasteiger partial charge < -0.3 is 10.5 Å². The number of nitrogens with two attached hydrogens (primary N) is 1. The lowest BCUT2D eigenvalue weighted by Gasteiger charge is -2.35. The zero-order valence-corrected chi connectivity index (χ0v) is 15.9. The summed E-state index contributed by atoms with van der Waals surface area (Å²) in [4.78, 5) is 12.4. The number of hydrogen-bond acceptors (Lipinski definition) is 5. The zero-order valence-electron chi connectivity index (χ0n) is 15.9. The second-order valence-corrected chi connectivity index (χ2v) is 8.30. The minimum absolute atomic E-state index is 0.0335. The van der Waals surface area contributed by atoms with Gasteiger partial charge in [-0.25, -0.2) is 19.5 Å². The van der Waals surface area contributed by atoms with E-state index < -0.39 is 0 Å². The Balaban J connectivity index is 1.59. The molecule has 0 spiro atoms. The predicted molar refractivity (Wildman–Crippen MR) is 97.1 cm³/mol. The maximum Gasteiger partial charge on any atom is 0.424 e. The molecule has 25 heavy (non-hydrogen) atoms. The van der Waals surface area contributed by atoms with Crippen LogP contribution < -0.4 is 5.73 Å². The van der Waals surface area contributed by atoms with E-state index in [1.54, 1.807) is 5.01 Å². The summed E-state index contributed by atoms with van der Waals surface area (Å²) >= 11 is 0. The normalized spacial score (nSPS) is 25.4. The van der Waals surface area contributed by atoms with Gasteiger partial charge in [-0.05, 0) is 52.9 Å². The van der Waals surface area contributed by atoms with Crippen LogP contribution in [-0.4, -0.2) is 52.1 Å². The molecule has 7 heteroatoms. The Morgan fingerprint density at radius 1 is 1.28 bits per heavy atom. The first-order valence-corrected chi connectivity index (χ1v) is 9.31. The Labute approximate surface area is 150 Å². The number of carbonyl (C=O) groups excluding carboxylic acids is 1. The van der Waals surface area contributed by atoms with E-state index >= 15 is 0 Å². The molecular weight excluding hydrogens is 318 g/mol. The number of ether oxygens (including phenoxy) is 1. The third-order valence-electron chi connectivity index (χ3n) is 5.19. The highest BCUT2D eigenvalue weighted by Gasteiger charge is 2.33. The molecule has 3 rings (SSSR count). The number of carbonyl (C=O) groups is 1. The van der Waals surface area contributed by atoms with Gasteiger partial charge in [0, 0.05) is 32.1 Å². The summed E-state index contributed by atoms with van der Waals surface area (Å²) in [6.07, 6.45) is 4.61. The third kappa shape index (κ3) is 3.92. The molecule has 0 bridgehead atoms. The molecule has 2 heterocycles. The van der Waals surface area contributed by atoms with Crippen LogP contribution >= 0.6 is 0 Å². The van der Waals surface area contributed by atoms with E-state index in [4.69, 9.17) is 15.6 Å². The van der Waals surface area contributed by atoms with Crippen molar-refractivity contribution >= 4 is 11.9 Å². The molecule has 0 aromatic carbocycles. The summed E-state index contributed by atoms with van der Waals surface area (Å²) in [6, 6.07) is 1.97. The summed E-state index contributed by atoms with van der Waals surface area (Å²) in [5.41, 5.74) is 7.01. The van der Waals surface area contributed by atoms with Gasteiger partial charge in [-0.3, -0.25) is 0 Å². The van der Waals surface area contributed by atoms with Gasteiger partial charge in [-0.1, -0.05) is 0 Å². The first-order chi connectivity index (χ1) is 11.8. The molecule has 2 fully saturated rings. The number of anilines is 1. The van der Waals surface area contributed by atoms with Crippen LogP contribution in [0.4, 0.5) is 10.6 Å². The molecular formula is C18H31N5O2. The third-order valence-corrected chi connectivity index (χ3v) is 5.19. The summed E-state index contributed by atoms with van der Waals surface area (Å²) < 4.78 is 7.64. The van der Waals surface area contributed by atoms with Crippen molar-refractivity contribution in [1.82, 2.24) is 19.8 Å². The van der Waals surface area contributed by atoms with Crippen LogP contribution in [0.25, 0.3) is 0 Å². The number of nitrogens with zero attached hydrogens (tertiary/aromatic N) is 4. The van der Waals surface area contributed by atoms with Gasteiger partial charge in [-0.2, -0.15) is 5.10 Å². The van der Waals surface area contributed by atoms with Crippen LogP contribution in [0.15, 0.2) is 6.07 Å². The van der Waals surface area contributed by atoms with E-state index in [0.717, 1.165) is 50.9 Å². The average molecular weight is 349 g/mol. The molecule has 2 atom stereocenters.